The van der Waals surface area contributed by atoms with E-state index in [4.69, 9.17) is 14.7 Å². The summed E-state index contributed by atoms with van der Waals surface area (Å²) in [5.41, 5.74) is 0.748. The normalized spacial score (nSPS) is 16.9. The molecule has 1 atom stereocenters. The highest BCUT2D eigenvalue weighted by atomic mass is 16.5. The number of hydrogen-bond donors (Lipinski definition) is 0. The summed E-state index contributed by atoms with van der Waals surface area (Å²) in [5, 5.41) is 8.89. The number of ether oxygens (including phenoxy) is 2. The molecular formula is C14H14N2O4. The van der Waals surface area contributed by atoms with Gasteiger partial charge < -0.3 is 9.47 Å². The van der Waals surface area contributed by atoms with Gasteiger partial charge in [0.15, 0.2) is 17.6 Å². The van der Waals surface area contributed by atoms with Gasteiger partial charge in [0, 0.05) is 5.56 Å². The lowest BCUT2D eigenvalue weighted by atomic mass is 10.1. The molecule has 1 aliphatic heterocycles. The molecule has 104 valence electrons. The average molecular weight is 274 g/mol. The lowest BCUT2D eigenvalue weighted by Gasteiger charge is -2.33. The molecule has 1 aromatic rings. The molecule has 1 aromatic carbocycles. The van der Waals surface area contributed by atoms with E-state index in [9.17, 15) is 9.59 Å². The van der Waals surface area contributed by atoms with Gasteiger partial charge in [0.25, 0.3) is 5.91 Å². The van der Waals surface area contributed by atoms with Crippen LogP contribution in [0.2, 0.25) is 0 Å². The molecule has 0 radical (unpaired) electrons. The van der Waals surface area contributed by atoms with Crippen LogP contribution in [0.15, 0.2) is 12.1 Å². The first-order chi connectivity index (χ1) is 9.65. The van der Waals surface area contributed by atoms with Crippen molar-refractivity contribution in [3.8, 4) is 17.6 Å². The van der Waals surface area contributed by atoms with Crippen LogP contribution in [0, 0.1) is 11.3 Å². The van der Waals surface area contributed by atoms with E-state index >= 15 is 0 Å². The van der Waals surface area contributed by atoms with Crippen molar-refractivity contribution in [1.82, 2.24) is 0 Å². The van der Waals surface area contributed by atoms with Crippen LogP contribution in [0.25, 0.3) is 0 Å². The molecule has 0 fully saturated rings. The Morgan fingerprint density at radius 2 is 2.30 bits per heavy atom. The zero-order valence-corrected chi connectivity index (χ0v) is 11.3. The van der Waals surface area contributed by atoms with Gasteiger partial charge in [-0.15, -0.1) is 0 Å². The Labute approximate surface area is 116 Å². The topological polar surface area (TPSA) is 79.6 Å². The molecule has 6 nitrogen and oxygen atoms in total. The first-order valence-corrected chi connectivity index (χ1v) is 6.18. The third-order valence-corrected chi connectivity index (χ3v) is 3.11. The highest BCUT2D eigenvalue weighted by molar-refractivity contribution is 6.02. The fourth-order valence-electron chi connectivity index (χ4n) is 2.12. The number of nitriles is 1. The summed E-state index contributed by atoms with van der Waals surface area (Å²) in [5.74, 6) is 0.477. The molecule has 0 saturated carbocycles. The van der Waals surface area contributed by atoms with Gasteiger partial charge in [-0.2, -0.15) is 5.26 Å². The summed E-state index contributed by atoms with van der Waals surface area (Å²) < 4.78 is 10.9. The number of methoxy groups -OCH3 is 1. The molecule has 2 rings (SSSR count). The zero-order valence-electron chi connectivity index (χ0n) is 11.3. The third-order valence-electron chi connectivity index (χ3n) is 3.11. The van der Waals surface area contributed by atoms with Crippen molar-refractivity contribution in [3.05, 3.63) is 17.7 Å². The summed E-state index contributed by atoms with van der Waals surface area (Å²) >= 11 is 0. The Kier molecular flexibility index (Phi) is 3.89. The van der Waals surface area contributed by atoms with Crippen LogP contribution in [0.5, 0.6) is 11.5 Å². The van der Waals surface area contributed by atoms with Gasteiger partial charge in [-0.1, -0.05) is 6.92 Å². The number of fused-ring (bicyclic) bond motifs is 1. The molecule has 0 bridgehead atoms. The van der Waals surface area contributed by atoms with Crippen LogP contribution in [0.1, 0.15) is 23.7 Å². The second-order valence-electron chi connectivity index (χ2n) is 4.29. The smallest absolute Gasteiger partial charge is 0.269 e. The second kappa shape index (κ2) is 5.61. The van der Waals surface area contributed by atoms with E-state index in [1.165, 1.54) is 18.1 Å². The highest BCUT2D eigenvalue weighted by Crippen LogP contribution is 2.42. The van der Waals surface area contributed by atoms with Crippen molar-refractivity contribution >= 4 is 17.9 Å². The molecule has 6 heteroatoms. The van der Waals surface area contributed by atoms with Crippen molar-refractivity contribution in [1.29, 1.82) is 5.26 Å². The van der Waals surface area contributed by atoms with E-state index in [0.29, 0.717) is 35.5 Å². The van der Waals surface area contributed by atoms with E-state index in [0.717, 1.165) is 0 Å². The first kappa shape index (κ1) is 13.9. The first-order valence-electron chi connectivity index (χ1n) is 6.18. The number of carbonyl (C=O) groups excluding carboxylic acids is 2. The van der Waals surface area contributed by atoms with Crippen LogP contribution in [-0.4, -0.2) is 32.0 Å². The number of rotatable bonds is 4. The lowest BCUT2D eigenvalue weighted by Crippen LogP contribution is -2.46. The molecule has 1 unspecified atom stereocenters. The molecule has 0 aliphatic carbocycles. The van der Waals surface area contributed by atoms with Gasteiger partial charge in [-0.3, -0.25) is 14.5 Å². The molecule has 1 amide bonds. The van der Waals surface area contributed by atoms with Gasteiger partial charge in [0.05, 0.1) is 18.9 Å². The van der Waals surface area contributed by atoms with Gasteiger partial charge in [-0.25, -0.2) is 0 Å². The molecule has 0 saturated heterocycles. The Hall–Kier alpha value is -2.55. The van der Waals surface area contributed by atoms with Gasteiger partial charge >= 0.3 is 0 Å². The van der Waals surface area contributed by atoms with Gasteiger partial charge in [0.2, 0.25) is 0 Å². The minimum Gasteiger partial charge on any atom is -0.493 e. The Morgan fingerprint density at radius 3 is 2.85 bits per heavy atom. The Balaban J connectivity index is 2.62. The SMILES string of the molecule is CCC1Oc2c(OC)cc(C=O)cc2N(CC#N)C1=O. The monoisotopic (exact) mass is 274 g/mol. The van der Waals surface area contributed by atoms with Crippen LogP contribution < -0.4 is 14.4 Å². The lowest BCUT2D eigenvalue weighted by molar-refractivity contribution is -0.126. The fraction of sp³-hybridized carbons (Fsp3) is 0.357. The van der Waals surface area contributed by atoms with Crippen molar-refractivity contribution in [3.63, 3.8) is 0 Å². The molecule has 0 aromatic heterocycles. The quantitative estimate of drug-likeness (QED) is 0.614. The molecule has 1 heterocycles. The fourth-order valence-corrected chi connectivity index (χ4v) is 2.12. The number of hydrogen-bond acceptors (Lipinski definition) is 5. The van der Waals surface area contributed by atoms with Crippen molar-refractivity contribution in [2.24, 2.45) is 0 Å². The number of amides is 1. The maximum absolute atomic E-state index is 12.2. The van der Waals surface area contributed by atoms with E-state index in [-0.39, 0.29) is 12.5 Å². The van der Waals surface area contributed by atoms with Crippen LogP contribution >= 0.6 is 0 Å². The van der Waals surface area contributed by atoms with E-state index in [1.54, 1.807) is 6.07 Å². The average Bonchev–Trinajstić information content (AvgIpc) is 2.48. The minimum absolute atomic E-state index is 0.100. The van der Waals surface area contributed by atoms with Gasteiger partial charge in [0.1, 0.15) is 12.8 Å². The molecule has 1 aliphatic rings. The molecular weight excluding hydrogens is 260 g/mol. The number of anilines is 1. The summed E-state index contributed by atoms with van der Waals surface area (Å²) in [6, 6.07) is 5.01. The number of nitrogens with zero attached hydrogens (tertiary/aromatic N) is 2. The van der Waals surface area contributed by atoms with Crippen LogP contribution in [0.4, 0.5) is 5.69 Å². The van der Waals surface area contributed by atoms with Crippen molar-refractivity contribution < 1.29 is 19.1 Å². The van der Waals surface area contributed by atoms with E-state index < -0.39 is 6.10 Å². The highest BCUT2D eigenvalue weighted by Gasteiger charge is 2.35. The Bertz CT molecular complexity index is 592. The largest absolute Gasteiger partial charge is 0.493 e. The number of aldehydes is 1. The predicted molar refractivity (Wildman–Crippen MR) is 71.1 cm³/mol. The van der Waals surface area contributed by atoms with Crippen molar-refractivity contribution in [2.45, 2.75) is 19.4 Å². The minimum atomic E-state index is -0.646. The number of benzene rings is 1. The molecule has 20 heavy (non-hydrogen) atoms. The summed E-state index contributed by atoms with van der Waals surface area (Å²) in [7, 11) is 1.46. The second-order valence-corrected chi connectivity index (χ2v) is 4.29. The number of carbonyl (C=O) groups is 2. The summed E-state index contributed by atoms with van der Waals surface area (Å²) in [4.78, 5) is 24.5. The van der Waals surface area contributed by atoms with E-state index in [1.807, 2.05) is 13.0 Å². The van der Waals surface area contributed by atoms with Crippen LogP contribution in [-0.2, 0) is 4.79 Å². The zero-order chi connectivity index (χ0) is 14.7. The van der Waals surface area contributed by atoms with E-state index in [2.05, 4.69) is 0 Å². The summed E-state index contributed by atoms with van der Waals surface area (Å²) in [6.45, 7) is 1.72. The summed E-state index contributed by atoms with van der Waals surface area (Å²) in [6.07, 6.45) is 0.495. The third kappa shape index (κ3) is 2.18. The maximum atomic E-state index is 12.2. The standard InChI is InChI=1S/C14H14N2O4/c1-3-11-14(18)16(5-4-15)10-6-9(8-17)7-12(19-2)13(10)20-11/h6-8,11H,3,5H2,1-2H3. The van der Waals surface area contributed by atoms with Crippen LogP contribution in [0.3, 0.4) is 0 Å². The van der Waals surface area contributed by atoms with Crippen molar-refractivity contribution in [2.75, 3.05) is 18.6 Å². The Morgan fingerprint density at radius 1 is 1.55 bits per heavy atom. The molecule has 0 spiro atoms. The predicted octanol–water partition coefficient (Wildman–Crippen LogP) is 1.54. The maximum Gasteiger partial charge on any atom is 0.269 e. The van der Waals surface area contributed by atoms with Gasteiger partial charge in [-0.05, 0) is 18.6 Å². The molecule has 0 N–H and O–H groups in total.